The van der Waals surface area contributed by atoms with E-state index in [1.807, 2.05) is 0 Å². The number of rotatable bonds is 6. The van der Waals surface area contributed by atoms with E-state index in [9.17, 15) is 14.4 Å². The molecule has 0 bridgehead atoms. The Kier molecular flexibility index (Phi) is 5.83. The third kappa shape index (κ3) is 4.25. The number of anilines is 1. The number of carbonyl (C=O) groups is 3. The number of hydrogen-bond acceptors (Lipinski definition) is 7. The zero-order valence-corrected chi connectivity index (χ0v) is 13.5. The van der Waals surface area contributed by atoms with Gasteiger partial charge in [-0.1, -0.05) is 11.3 Å². The molecule has 1 aromatic rings. The van der Waals surface area contributed by atoms with E-state index in [1.54, 1.807) is 27.9 Å². The number of ether oxygens (including phenoxy) is 1. The Bertz CT molecular complexity index is 554. The van der Waals surface area contributed by atoms with Gasteiger partial charge in [0.25, 0.3) is 0 Å². The molecule has 0 spiro atoms. The van der Waals surface area contributed by atoms with Crippen LogP contribution in [0.2, 0.25) is 0 Å². The van der Waals surface area contributed by atoms with Crippen molar-refractivity contribution < 1.29 is 19.1 Å². The number of amides is 1. The third-order valence-corrected chi connectivity index (χ3v) is 3.65. The first-order valence-corrected chi connectivity index (χ1v) is 7.26. The number of likely N-dealkylation sites (N-methyl/N-ethyl adjacent to an activating group) is 1. The van der Waals surface area contributed by atoms with E-state index in [0.29, 0.717) is 5.13 Å². The predicted octanol–water partition coefficient (Wildman–Crippen LogP) is 1.41. The zero-order valence-electron chi connectivity index (χ0n) is 12.7. The average Bonchev–Trinajstić information content (AvgIpc) is 2.82. The number of nitrogens with zero attached hydrogens (tertiary/aromatic N) is 2. The Morgan fingerprint density at radius 1 is 1.38 bits per heavy atom. The standard InChI is InChI=1S/C13H19N3O4S/c1-6-20-12(19)9-10(8(3)17)21-13(15-9)14-7(2)11(18)16(4)5/h7H,6H2,1-5H3,(H,14,15). The highest BCUT2D eigenvalue weighted by Crippen LogP contribution is 2.25. The second-order valence-corrected chi connectivity index (χ2v) is 5.57. The summed E-state index contributed by atoms with van der Waals surface area (Å²) in [5.41, 5.74) is -0.0126. The van der Waals surface area contributed by atoms with Crippen LogP contribution in [0.5, 0.6) is 0 Å². The molecule has 1 aromatic heterocycles. The Balaban J connectivity index is 3.00. The van der Waals surface area contributed by atoms with Crippen LogP contribution < -0.4 is 5.32 Å². The highest BCUT2D eigenvalue weighted by atomic mass is 32.1. The molecule has 0 saturated heterocycles. The van der Waals surface area contributed by atoms with E-state index in [-0.39, 0.29) is 28.9 Å². The molecule has 21 heavy (non-hydrogen) atoms. The van der Waals surface area contributed by atoms with E-state index >= 15 is 0 Å². The normalized spacial score (nSPS) is 11.7. The quantitative estimate of drug-likeness (QED) is 0.631. The summed E-state index contributed by atoms with van der Waals surface area (Å²) in [7, 11) is 3.29. The van der Waals surface area contributed by atoms with Gasteiger partial charge in [0, 0.05) is 21.0 Å². The molecule has 0 aromatic carbocycles. The predicted molar refractivity (Wildman–Crippen MR) is 79.9 cm³/mol. The molecule has 116 valence electrons. The van der Waals surface area contributed by atoms with Crippen molar-refractivity contribution in [3.63, 3.8) is 0 Å². The lowest BCUT2D eigenvalue weighted by Gasteiger charge is -2.17. The van der Waals surface area contributed by atoms with Crippen LogP contribution in [0.25, 0.3) is 0 Å². The fourth-order valence-corrected chi connectivity index (χ4v) is 2.53. The minimum Gasteiger partial charge on any atom is -0.461 e. The number of Topliss-reactive ketones (excluding diaryl/α,β-unsaturated/α-hetero) is 1. The second kappa shape index (κ2) is 7.16. The molecule has 0 aliphatic carbocycles. The molecule has 7 nitrogen and oxygen atoms in total. The molecule has 0 aliphatic rings. The molecule has 1 amide bonds. The molecular weight excluding hydrogens is 294 g/mol. The summed E-state index contributed by atoms with van der Waals surface area (Å²) in [5.74, 6) is -1.04. The molecular formula is C13H19N3O4S. The second-order valence-electron chi connectivity index (χ2n) is 4.57. The zero-order chi connectivity index (χ0) is 16.2. The van der Waals surface area contributed by atoms with Crippen molar-refractivity contribution in [3.05, 3.63) is 10.6 Å². The van der Waals surface area contributed by atoms with Gasteiger partial charge in [-0.15, -0.1) is 0 Å². The van der Waals surface area contributed by atoms with E-state index in [0.717, 1.165) is 11.3 Å². The molecule has 0 fully saturated rings. The van der Waals surface area contributed by atoms with Gasteiger partial charge in [0.15, 0.2) is 16.6 Å². The van der Waals surface area contributed by atoms with Crippen molar-refractivity contribution in [2.45, 2.75) is 26.8 Å². The van der Waals surface area contributed by atoms with E-state index < -0.39 is 12.0 Å². The topological polar surface area (TPSA) is 88.6 Å². The highest BCUT2D eigenvalue weighted by molar-refractivity contribution is 7.17. The van der Waals surface area contributed by atoms with Gasteiger partial charge in [-0.05, 0) is 13.8 Å². The lowest BCUT2D eigenvalue weighted by molar-refractivity contribution is -0.129. The van der Waals surface area contributed by atoms with Crippen LogP contribution in [0, 0.1) is 0 Å². The van der Waals surface area contributed by atoms with Crippen molar-refractivity contribution in [1.29, 1.82) is 0 Å². The summed E-state index contributed by atoms with van der Waals surface area (Å²) in [6, 6.07) is -0.513. The molecule has 0 aliphatic heterocycles. The van der Waals surface area contributed by atoms with Gasteiger partial charge >= 0.3 is 5.97 Å². The number of thiazole rings is 1. The van der Waals surface area contributed by atoms with Gasteiger partial charge in [-0.2, -0.15) is 0 Å². The van der Waals surface area contributed by atoms with Gasteiger partial charge in [-0.3, -0.25) is 9.59 Å². The van der Waals surface area contributed by atoms with Crippen LogP contribution in [0.4, 0.5) is 5.13 Å². The molecule has 1 rings (SSSR count). The molecule has 0 radical (unpaired) electrons. The van der Waals surface area contributed by atoms with E-state index in [1.165, 1.54) is 11.8 Å². The van der Waals surface area contributed by atoms with Crippen LogP contribution in [0.1, 0.15) is 40.9 Å². The number of esters is 1. The minimum atomic E-state index is -0.640. The summed E-state index contributed by atoms with van der Waals surface area (Å²) in [6.45, 7) is 4.91. The lowest BCUT2D eigenvalue weighted by Crippen LogP contribution is -2.36. The summed E-state index contributed by atoms with van der Waals surface area (Å²) >= 11 is 1.04. The van der Waals surface area contributed by atoms with Crippen LogP contribution >= 0.6 is 11.3 Å². The highest BCUT2D eigenvalue weighted by Gasteiger charge is 2.24. The Hall–Kier alpha value is -1.96. The summed E-state index contributed by atoms with van der Waals surface area (Å²) in [5, 5.41) is 3.23. The summed E-state index contributed by atoms with van der Waals surface area (Å²) < 4.78 is 4.87. The SMILES string of the molecule is CCOC(=O)c1nc(NC(C)C(=O)N(C)C)sc1C(C)=O. The van der Waals surface area contributed by atoms with E-state index in [2.05, 4.69) is 10.3 Å². The fraction of sp³-hybridized carbons (Fsp3) is 0.538. The maximum Gasteiger partial charge on any atom is 0.358 e. The Labute approximate surface area is 127 Å². The van der Waals surface area contributed by atoms with Gasteiger partial charge < -0.3 is 15.0 Å². The number of carbonyl (C=O) groups excluding carboxylic acids is 3. The molecule has 1 atom stereocenters. The molecule has 8 heteroatoms. The van der Waals surface area contributed by atoms with E-state index in [4.69, 9.17) is 4.74 Å². The molecule has 1 N–H and O–H groups in total. The maximum absolute atomic E-state index is 11.8. The number of nitrogens with one attached hydrogen (secondary N) is 1. The first-order valence-electron chi connectivity index (χ1n) is 6.44. The Morgan fingerprint density at radius 3 is 2.48 bits per heavy atom. The van der Waals surface area contributed by atoms with Crippen molar-refractivity contribution in [1.82, 2.24) is 9.88 Å². The molecule has 0 saturated carbocycles. The smallest absolute Gasteiger partial charge is 0.358 e. The van der Waals surface area contributed by atoms with Crippen molar-refractivity contribution in [3.8, 4) is 0 Å². The third-order valence-electron chi connectivity index (χ3n) is 2.57. The van der Waals surface area contributed by atoms with Crippen molar-refractivity contribution >= 4 is 34.1 Å². The number of aromatic nitrogens is 1. The first-order chi connectivity index (χ1) is 9.77. The summed E-state index contributed by atoms with van der Waals surface area (Å²) in [6.07, 6.45) is 0. The Morgan fingerprint density at radius 2 is 2.00 bits per heavy atom. The summed E-state index contributed by atoms with van der Waals surface area (Å²) in [4.78, 5) is 40.9. The van der Waals surface area contributed by atoms with Crippen LogP contribution in [0.3, 0.4) is 0 Å². The van der Waals surface area contributed by atoms with Crippen LogP contribution in [-0.2, 0) is 9.53 Å². The van der Waals surface area contributed by atoms with Crippen LogP contribution in [0.15, 0.2) is 0 Å². The van der Waals surface area contributed by atoms with Gasteiger partial charge in [-0.25, -0.2) is 9.78 Å². The monoisotopic (exact) mass is 313 g/mol. The number of hydrogen-bond donors (Lipinski definition) is 1. The van der Waals surface area contributed by atoms with Gasteiger partial charge in [0.05, 0.1) is 6.61 Å². The van der Waals surface area contributed by atoms with Crippen LogP contribution in [-0.4, -0.2) is 54.3 Å². The molecule has 1 heterocycles. The van der Waals surface area contributed by atoms with Gasteiger partial charge in [0.2, 0.25) is 5.91 Å². The first kappa shape index (κ1) is 17.1. The van der Waals surface area contributed by atoms with Crippen molar-refractivity contribution in [2.75, 3.05) is 26.0 Å². The maximum atomic E-state index is 11.8. The lowest BCUT2D eigenvalue weighted by atomic mass is 10.3. The number of ketones is 1. The average molecular weight is 313 g/mol. The largest absolute Gasteiger partial charge is 0.461 e. The van der Waals surface area contributed by atoms with Gasteiger partial charge in [0.1, 0.15) is 10.9 Å². The minimum absolute atomic E-state index is 0.0126. The fourth-order valence-electron chi connectivity index (χ4n) is 1.59. The van der Waals surface area contributed by atoms with Crippen molar-refractivity contribution in [2.24, 2.45) is 0 Å². The molecule has 1 unspecified atom stereocenters.